The van der Waals surface area contributed by atoms with Gasteiger partial charge in [0.2, 0.25) is 0 Å². The van der Waals surface area contributed by atoms with Gasteiger partial charge < -0.3 is 16.4 Å². The number of nitrogen functional groups attached to an aromatic ring is 1. The molecule has 1 aromatic carbocycles. The quantitative estimate of drug-likeness (QED) is 0.242. The smallest absolute Gasteiger partial charge is 0.189 e. The molecule has 0 radical (unpaired) electrons. The van der Waals surface area contributed by atoms with Gasteiger partial charge in [-0.1, -0.05) is 11.8 Å². The predicted molar refractivity (Wildman–Crippen MR) is 118 cm³/mol. The van der Waals surface area contributed by atoms with Crippen LogP contribution in [0.2, 0.25) is 0 Å². The first kappa shape index (κ1) is 19.6. The first-order chi connectivity index (χ1) is 13.6. The summed E-state index contributed by atoms with van der Waals surface area (Å²) in [5.41, 5.74) is 11.3. The zero-order chi connectivity index (χ0) is 19.9. The molecule has 2 heterocycles. The standard InChI is InChI=1S/C20H23N7S/c1-13-4-5-17(12-23-13)26-19-15(11-25-20(27-19)28-3)10-24-16-6-7-18(21)14(8-16)9-22-2/h4-9,11-12,24H,10,21H2,1-3H3,(H,25,26,27). The van der Waals surface area contributed by atoms with E-state index in [1.807, 2.05) is 49.7 Å². The lowest BCUT2D eigenvalue weighted by Gasteiger charge is -2.14. The van der Waals surface area contributed by atoms with Gasteiger partial charge in [0.15, 0.2) is 5.16 Å². The summed E-state index contributed by atoms with van der Waals surface area (Å²) in [6.07, 6.45) is 7.33. The van der Waals surface area contributed by atoms with E-state index in [4.69, 9.17) is 5.73 Å². The number of hydrogen-bond acceptors (Lipinski definition) is 8. The lowest BCUT2D eigenvalue weighted by atomic mass is 10.1. The molecule has 8 heteroatoms. The molecule has 2 aromatic heterocycles. The normalized spacial score (nSPS) is 11.0. The fourth-order valence-electron chi connectivity index (χ4n) is 2.54. The lowest BCUT2D eigenvalue weighted by molar-refractivity contribution is 0.937. The van der Waals surface area contributed by atoms with Gasteiger partial charge in [-0.25, -0.2) is 9.97 Å². The Bertz CT molecular complexity index is 971. The van der Waals surface area contributed by atoms with Crippen molar-refractivity contribution in [3.8, 4) is 0 Å². The average molecular weight is 394 g/mol. The molecule has 144 valence electrons. The van der Waals surface area contributed by atoms with Gasteiger partial charge in [0.1, 0.15) is 5.82 Å². The first-order valence-corrected chi connectivity index (χ1v) is 9.96. The van der Waals surface area contributed by atoms with Crippen LogP contribution in [-0.4, -0.2) is 34.5 Å². The highest BCUT2D eigenvalue weighted by atomic mass is 32.2. The van der Waals surface area contributed by atoms with Gasteiger partial charge in [0, 0.05) is 54.2 Å². The molecule has 4 N–H and O–H groups in total. The third-order valence-corrected chi connectivity index (χ3v) is 4.60. The van der Waals surface area contributed by atoms with Crippen LogP contribution in [0.25, 0.3) is 0 Å². The Balaban J connectivity index is 1.81. The second-order valence-electron chi connectivity index (χ2n) is 6.13. The van der Waals surface area contributed by atoms with Crippen molar-refractivity contribution in [3.63, 3.8) is 0 Å². The largest absolute Gasteiger partial charge is 0.398 e. The number of hydrogen-bond donors (Lipinski definition) is 3. The highest BCUT2D eigenvalue weighted by Gasteiger charge is 2.09. The summed E-state index contributed by atoms with van der Waals surface area (Å²) in [4.78, 5) is 17.4. The van der Waals surface area contributed by atoms with Crippen LogP contribution >= 0.6 is 11.8 Å². The van der Waals surface area contributed by atoms with Crippen molar-refractivity contribution in [1.82, 2.24) is 15.0 Å². The molecule has 0 aliphatic carbocycles. The fraction of sp³-hybridized carbons (Fsp3) is 0.200. The van der Waals surface area contributed by atoms with Gasteiger partial charge in [-0.2, -0.15) is 0 Å². The van der Waals surface area contributed by atoms with Crippen LogP contribution in [0.4, 0.5) is 22.9 Å². The third kappa shape index (κ3) is 4.98. The number of nitrogens with zero attached hydrogens (tertiary/aromatic N) is 4. The molecule has 0 fully saturated rings. The zero-order valence-electron chi connectivity index (χ0n) is 16.1. The van der Waals surface area contributed by atoms with Crippen molar-refractivity contribution in [2.75, 3.05) is 29.7 Å². The van der Waals surface area contributed by atoms with E-state index in [0.717, 1.165) is 34.0 Å². The number of thioether (sulfide) groups is 1. The van der Waals surface area contributed by atoms with Gasteiger partial charge in [-0.05, 0) is 43.5 Å². The minimum atomic E-state index is 0.558. The first-order valence-electron chi connectivity index (χ1n) is 8.74. The molecular weight excluding hydrogens is 370 g/mol. The maximum atomic E-state index is 5.98. The van der Waals surface area contributed by atoms with Crippen LogP contribution < -0.4 is 16.4 Å². The Morgan fingerprint density at radius 2 is 1.96 bits per heavy atom. The number of benzene rings is 1. The van der Waals surface area contributed by atoms with E-state index >= 15 is 0 Å². The number of aromatic nitrogens is 3. The molecule has 0 spiro atoms. The highest BCUT2D eigenvalue weighted by Crippen LogP contribution is 2.23. The van der Waals surface area contributed by atoms with Crippen molar-refractivity contribution in [2.45, 2.75) is 18.6 Å². The summed E-state index contributed by atoms with van der Waals surface area (Å²) < 4.78 is 0. The van der Waals surface area contributed by atoms with Gasteiger partial charge in [-0.15, -0.1) is 0 Å². The molecule has 0 amide bonds. The Morgan fingerprint density at radius 3 is 2.68 bits per heavy atom. The minimum Gasteiger partial charge on any atom is -0.398 e. The molecule has 28 heavy (non-hydrogen) atoms. The average Bonchev–Trinajstić information content (AvgIpc) is 2.71. The van der Waals surface area contributed by atoms with Crippen molar-refractivity contribution < 1.29 is 0 Å². The van der Waals surface area contributed by atoms with Gasteiger partial charge in [0.25, 0.3) is 0 Å². The monoisotopic (exact) mass is 393 g/mol. The van der Waals surface area contributed by atoms with Crippen LogP contribution in [0.1, 0.15) is 16.8 Å². The maximum absolute atomic E-state index is 5.98. The second-order valence-corrected chi connectivity index (χ2v) is 6.90. The summed E-state index contributed by atoms with van der Waals surface area (Å²) in [5.74, 6) is 0.753. The van der Waals surface area contributed by atoms with Crippen LogP contribution in [0.3, 0.4) is 0 Å². The van der Waals surface area contributed by atoms with Crippen LogP contribution in [0.5, 0.6) is 0 Å². The Labute approximate surface area is 168 Å². The number of nitrogens with one attached hydrogen (secondary N) is 2. The van der Waals surface area contributed by atoms with Gasteiger partial charge >= 0.3 is 0 Å². The van der Waals surface area contributed by atoms with Crippen LogP contribution in [0.15, 0.2) is 52.9 Å². The SMILES string of the molecule is CN=Cc1cc(NCc2cnc(SC)nc2Nc2ccc(C)nc2)ccc1N. The Morgan fingerprint density at radius 1 is 1.14 bits per heavy atom. The number of pyridine rings is 1. The van der Waals surface area contributed by atoms with Crippen LogP contribution in [0, 0.1) is 6.92 Å². The Hall–Kier alpha value is -3.13. The van der Waals surface area contributed by atoms with E-state index in [0.29, 0.717) is 17.4 Å². The Kier molecular flexibility index (Phi) is 6.44. The molecule has 0 bridgehead atoms. The zero-order valence-corrected chi connectivity index (χ0v) is 16.9. The van der Waals surface area contributed by atoms with E-state index in [1.165, 1.54) is 11.8 Å². The molecule has 0 atom stereocenters. The topological polar surface area (TPSA) is 101 Å². The van der Waals surface area contributed by atoms with E-state index in [-0.39, 0.29) is 0 Å². The van der Waals surface area contributed by atoms with E-state index in [1.54, 1.807) is 19.5 Å². The van der Waals surface area contributed by atoms with Gasteiger partial charge in [-0.3, -0.25) is 9.98 Å². The van der Waals surface area contributed by atoms with E-state index < -0.39 is 0 Å². The molecule has 3 rings (SSSR count). The summed E-state index contributed by atoms with van der Waals surface area (Å²) in [6.45, 7) is 2.52. The summed E-state index contributed by atoms with van der Waals surface area (Å²) >= 11 is 1.50. The summed E-state index contributed by atoms with van der Waals surface area (Å²) in [7, 11) is 1.72. The number of nitrogens with two attached hydrogens (primary N) is 1. The summed E-state index contributed by atoms with van der Waals surface area (Å²) in [5, 5.41) is 7.45. The third-order valence-electron chi connectivity index (χ3n) is 4.04. The fourth-order valence-corrected chi connectivity index (χ4v) is 2.88. The molecule has 0 saturated carbocycles. The second kappa shape index (κ2) is 9.18. The molecule has 7 nitrogen and oxygen atoms in total. The van der Waals surface area contributed by atoms with Gasteiger partial charge in [0.05, 0.1) is 11.9 Å². The molecule has 0 saturated heterocycles. The minimum absolute atomic E-state index is 0.558. The number of rotatable bonds is 7. The van der Waals surface area contributed by atoms with Crippen LogP contribution in [-0.2, 0) is 6.54 Å². The van der Waals surface area contributed by atoms with E-state index in [2.05, 4.69) is 30.6 Å². The number of aryl methyl sites for hydroxylation is 1. The lowest BCUT2D eigenvalue weighted by Crippen LogP contribution is -2.07. The van der Waals surface area contributed by atoms with E-state index in [9.17, 15) is 0 Å². The number of aliphatic imine (C=N–C) groups is 1. The van der Waals surface area contributed by atoms with Crippen molar-refractivity contribution in [1.29, 1.82) is 0 Å². The van der Waals surface area contributed by atoms with Crippen molar-refractivity contribution in [2.24, 2.45) is 4.99 Å². The molecule has 3 aromatic rings. The number of anilines is 4. The van der Waals surface area contributed by atoms with Crippen molar-refractivity contribution in [3.05, 3.63) is 59.5 Å². The van der Waals surface area contributed by atoms with Crippen molar-refractivity contribution >= 4 is 40.9 Å². The molecule has 0 unspecified atom stereocenters. The molecule has 0 aliphatic rings. The highest BCUT2D eigenvalue weighted by molar-refractivity contribution is 7.98. The predicted octanol–water partition coefficient (Wildman–Crippen LogP) is 3.89. The summed E-state index contributed by atoms with van der Waals surface area (Å²) in [6, 6.07) is 9.72. The maximum Gasteiger partial charge on any atom is 0.189 e. The molecular formula is C20H23N7S. The molecule has 0 aliphatic heterocycles.